The van der Waals surface area contributed by atoms with Crippen LogP contribution < -0.4 is 5.32 Å². The average molecular weight is 260 g/mol. The predicted molar refractivity (Wildman–Crippen MR) is 67.3 cm³/mol. The summed E-state index contributed by atoms with van der Waals surface area (Å²) in [5, 5.41) is 21.6. The van der Waals surface area contributed by atoms with Crippen LogP contribution in [-0.4, -0.2) is 65.2 Å². The number of amides is 1. The van der Waals surface area contributed by atoms with Crippen molar-refractivity contribution in [1.29, 1.82) is 0 Å². The first-order chi connectivity index (χ1) is 8.33. The van der Waals surface area contributed by atoms with Crippen molar-refractivity contribution in [3.05, 3.63) is 0 Å². The Hall–Kier alpha value is -0.850. The van der Waals surface area contributed by atoms with E-state index in [-0.39, 0.29) is 19.2 Å². The molecule has 0 aliphatic carbocycles. The molecule has 0 saturated carbocycles. The third-order valence-electron chi connectivity index (χ3n) is 2.68. The van der Waals surface area contributed by atoms with E-state index in [1.54, 1.807) is 0 Å². The molecule has 0 aromatic heterocycles. The molecule has 2 atom stereocenters. The van der Waals surface area contributed by atoms with Crippen LogP contribution in [0.4, 0.5) is 4.79 Å². The molecule has 106 valence electrons. The zero-order valence-electron chi connectivity index (χ0n) is 11.3. The fourth-order valence-electron chi connectivity index (χ4n) is 1.83. The van der Waals surface area contributed by atoms with Gasteiger partial charge in [0.05, 0.1) is 18.7 Å². The number of hydrogen-bond donors (Lipinski definition) is 3. The zero-order valence-corrected chi connectivity index (χ0v) is 11.3. The van der Waals surface area contributed by atoms with Crippen molar-refractivity contribution < 1.29 is 19.7 Å². The van der Waals surface area contributed by atoms with Crippen molar-refractivity contribution in [1.82, 2.24) is 10.2 Å². The van der Waals surface area contributed by atoms with Gasteiger partial charge in [-0.1, -0.05) is 0 Å². The third-order valence-corrected chi connectivity index (χ3v) is 2.68. The molecular weight excluding hydrogens is 236 g/mol. The summed E-state index contributed by atoms with van der Waals surface area (Å²) in [6.45, 7) is 6.90. The molecule has 0 bridgehead atoms. The van der Waals surface area contributed by atoms with Crippen molar-refractivity contribution in [3.8, 4) is 0 Å². The largest absolute Gasteiger partial charge is 0.444 e. The minimum atomic E-state index is -0.587. The molecule has 0 aromatic rings. The van der Waals surface area contributed by atoms with Gasteiger partial charge in [0.15, 0.2) is 0 Å². The molecule has 1 aliphatic rings. The average Bonchev–Trinajstić information content (AvgIpc) is 2.58. The molecule has 0 aromatic carbocycles. The van der Waals surface area contributed by atoms with Crippen LogP contribution in [0.2, 0.25) is 0 Å². The van der Waals surface area contributed by atoms with Crippen LogP contribution in [0.15, 0.2) is 0 Å². The second-order valence-corrected chi connectivity index (χ2v) is 5.59. The summed E-state index contributed by atoms with van der Waals surface area (Å²) in [5.74, 6) is 0. The first kappa shape index (κ1) is 15.2. The van der Waals surface area contributed by atoms with Crippen LogP contribution in [0.25, 0.3) is 0 Å². The fraction of sp³-hybridized carbons (Fsp3) is 0.917. The van der Waals surface area contributed by atoms with E-state index >= 15 is 0 Å². The lowest BCUT2D eigenvalue weighted by molar-refractivity contribution is 0.0270. The van der Waals surface area contributed by atoms with Gasteiger partial charge in [0.1, 0.15) is 5.60 Å². The van der Waals surface area contributed by atoms with Crippen molar-refractivity contribution in [2.24, 2.45) is 0 Å². The van der Waals surface area contributed by atoms with Gasteiger partial charge in [-0.25, -0.2) is 4.79 Å². The van der Waals surface area contributed by atoms with Gasteiger partial charge in [-0.3, -0.25) is 0 Å². The highest BCUT2D eigenvalue weighted by Crippen LogP contribution is 2.15. The van der Waals surface area contributed by atoms with E-state index in [1.165, 1.54) is 4.90 Å². The van der Waals surface area contributed by atoms with Gasteiger partial charge in [-0.05, 0) is 33.7 Å². The molecule has 6 heteroatoms. The van der Waals surface area contributed by atoms with E-state index in [9.17, 15) is 9.90 Å². The number of ether oxygens (including phenoxy) is 1. The Balaban J connectivity index is 2.40. The monoisotopic (exact) mass is 260 g/mol. The molecule has 1 saturated heterocycles. The van der Waals surface area contributed by atoms with Crippen LogP contribution in [0.1, 0.15) is 27.2 Å². The minimum absolute atomic E-state index is 0.117. The molecule has 1 amide bonds. The smallest absolute Gasteiger partial charge is 0.410 e. The quantitative estimate of drug-likeness (QED) is 0.617. The number of nitrogens with zero attached hydrogens (tertiary/aromatic N) is 1. The van der Waals surface area contributed by atoms with Crippen LogP contribution in [-0.2, 0) is 4.74 Å². The van der Waals surface area contributed by atoms with Gasteiger partial charge in [0, 0.05) is 13.2 Å². The number of aliphatic hydroxyl groups excluding tert-OH is 2. The molecule has 0 unspecified atom stereocenters. The van der Waals surface area contributed by atoms with Gasteiger partial charge in [-0.15, -0.1) is 0 Å². The first-order valence-corrected chi connectivity index (χ1v) is 6.33. The Bertz CT molecular complexity index is 278. The first-order valence-electron chi connectivity index (χ1n) is 6.33. The van der Waals surface area contributed by atoms with Crippen LogP contribution >= 0.6 is 0 Å². The Morgan fingerprint density at radius 3 is 2.67 bits per heavy atom. The van der Waals surface area contributed by atoms with Gasteiger partial charge >= 0.3 is 6.09 Å². The second kappa shape index (κ2) is 6.36. The summed E-state index contributed by atoms with van der Waals surface area (Å²) < 4.78 is 5.25. The maximum absolute atomic E-state index is 11.8. The maximum Gasteiger partial charge on any atom is 0.410 e. The normalized spacial score (nSPS) is 24.4. The minimum Gasteiger partial charge on any atom is -0.444 e. The molecule has 18 heavy (non-hydrogen) atoms. The molecule has 1 rings (SSSR count). The topological polar surface area (TPSA) is 82.0 Å². The molecule has 3 N–H and O–H groups in total. The van der Waals surface area contributed by atoms with E-state index in [0.29, 0.717) is 19.5 Å². The summed E-state index contributed by atoms with van der Waals surface area (Å²) in [6, 6.07) is -0.149. The van der Waals surface area contributed by atoms with Crippen LogP contribution in [0.3, 0.4) is 0 Å². The van der Waals surface area contributed by atoms with Gasteiger partial charge in [0.2, 0.25) is 0 Å². The highest BCUT2D eigenvalue weighted by Gasteiger charge is 2.35. The van der Waals surface area contributed by atoms with Crippen molar-refractivity contribution in [3.63, 3.8) is 0 Å². The van der Waals surface area contributed by atoms with Gasteiger partial charge < -0.3 is 25.2 Å². The highest BCUT2D eigenvalue weighted by atomic mass is 16.6. The van der Waals surface area contributed by atoms with E-state index in [1.807, 2.05) is 20.8 Å². The van der Waals surface area contributed by atoms with Gasteiger partial charge in [-0.2, -0.15) is 0 Å². The number of nitrogens with one attached hydrogen (secondary N) is 1. The molecule has 0 spiro atoms. The maximum atomic E-state index is 11.8. The summed E-state index contributed by atoms with van der Waals surface area (Å²) >= 11 is 0. The van der Waals surface area contributed by atoms with Gasteiger partial charge in [0.25, 0.3) is 0 Å². The Labute approximate surface area is 108 Å². The molecule has 0 radical (unpaired) electrons. The Morgan fingerprint density at radius 2 is 2.11 bits per heavy atom. The second-order valence-electron chi connectivity index (χ2n) is 5.59. The summed E-state index contributed by atoms with van der Waals surface area (Å²) in [5.41, 5.74) is -0.523. The number of carbonyl (C=O) groups is 1. The summed E-state index contributed by atoms with van der Waals surface area (Å²) in [4.78, 5) is 13.3. The lowest BCUT2D eigenvalue weighted by Gasteiger charge is -2.24. The highest BCUT2D eigenvalue weighted by molar-refractivity contribution is 5.68. The van der Waals surface area contributed by atoms with E-state index in [0.717, 1.165) is 0 Å². The number of β-amino-alcohol motifs (C(OH)–C–C–N with tert-alkyl or cyclic N) is 1. The Kier molecular flexibility index (Phi) is 5.37. The van der Waals surface area contributed by atoms with Crippen molar-refractivity contribution in [2.45, 2.75) is 44.9 Å². The summed E-state index contributed by atoms with van der Waals surface area (Å²) in [7, 11) is 0. The fourth-order valence-corrected chi connectivity index (χ4v) is 1.83. The lowest BCUT2D eigenvalue weighted by atomic mass is 10.2. The standard InChI is InChI=1S/C12H24N2O4/c1-12(2,3)18-11(17)14-7-9(10(16)8-14)13-5-4-6-15/h9-10,13,15-16H,4-8H2,1-3H3/t9-,10-/m1/s1. The number of likely N-dealkylation sites (tertiary alicyclic amines) is 1. The third kappa shape index (κ3) is 4.80. The number of aliphatic hydroxyl groups is 2. The Morgan fingerprint density at radius 1 is 1.44 bits per heavy atom. The van der Waals surface area contributed by atoms with E-state index in [4.69, 9.17) is 9.84 Å². The molecule has 1 aliphatic heterocycles. The number of hydrogen-bond acceptors (Lipinski definition) is 5. The van der Waals surface area contributed by atoms with E-state index in [2.05, 4.69) is 5.32 Å². The van der Waals surface area contributed by atoms with E-state index < -0.39 is 17.8 Å². The molecule has 1 heterocycles. The SMILES string of the molecule is CC(C)(C)OC(=O)N1C[C@@H](O)[C@H](NCCCO)C1. The summed E-state index contributed by atoms with van der Waals surface area (Å²) in [6.07, 6.45) is -0.348. The predicted octanol–water partition coefficient (Wildman–Crippen LogP) is -0.0614. The number of rotatable bonds is 4. The molecular formula is C12H24N2O4. The van der Waals surface area contributed by atoms with Crippen molar-refractivity contribution >= 4 is 6.09 Å². The van der Waals surface area contributed by atoms with Crippen LogP contribution in [0, 0.1) is 0 Å². The van der Waals surface area contributed by atoms with Crippen molar-refractivity contribution in [2.75, 3.05) is 26.2 Å². The molecule has 1 fully saturated rings. The molecule has 6 nitrogen and oxygen atoms in total. The zero-order chi connectivity index (χ0) is 13.8. The van der Waals surface area contributed by atoms with Crippen LogP contribution in [0.5, 0.6) is 0 Å². The number of carbonyl (C=O) groups excluding carboxylic acids is 1. The lowest BCUT2D eigenvalue weighted by Crippen LogP contribution is -2.40.